The molecule has 0 saturated carbocycles. The van der Waals surface area contributed by atoms with Gasteiger partial charge in [0, 0.05) is 13.1 Å². The Bertz CT molecular complexity index is 888. The molecule has 0 aliphatic heterocycles. The first-order chi connectivity index (χ1) is 12.2. The molecule has 0 saturated heterocycles. The van der Waals surface area contributed by atoms with Gasteiger partial charge in [-0.1, -0.05) is 0 Å². The lowest BCUT2D eigenvalue weighted by molar-refractivity contribution is -0.392. The summed E-state index contributed by atoms with van der Waals surface area (Å²) in [6.45, 7) is 0.946. The largest absolute Gasteiger partial charge is 0.464 e. The molecule has 2 rings (SSSR count). The van der Waals surface area contributed by atoms with Crippen molar-refractivity contribution >= 4 is 21.9 Å². The Hall–Kier alpha value is -2.80. The standard InChI is InChI=1S/C13H17N5O7S/c1-10(19)24-6-12(7-25-26(2,22)23)16-4-11(15-9-16)5-17-8-14-3-13(17)18(20)21/h3-4,8-9,12H,5-7H2,1-2H3. The average Bonchev–Trinajstić information content (AvgIpc) is 3.16. The molecule has 0 fully saturated rings. The first-order valence-electron chi connectivity index (χ1n) is 7.30. The van der Waals surface area contributed by atoms with Crippen LogP contribution in [0.15, 0.2) is 25.0 Å². The number of esters is 1. The highest BCUT2D eigenvalue weighted by atomic mass is 32.2. The van der Waals surface area contributed by atoms with E-state index in [0.29, 0.717) is 5.69 Å². The average molecular weight is 387 g/mol. The van der Waals surface area contributed by atoms with Crippen molar-refractivity contribution in [2.45, 2.75) is 19.5 Å². The van der Waals surface area contributed by atoms with Gasteiger partial charge in [-0.25, -0.2) is 14.5 Å². The first kappa shape index (κ1) is 19.5. The number of rotatable bonds is 9. The summed E-state index contributed by atoms with van der Waals surface area (Å²) in [7, 11) is -3.68. The van der Waals surface area contributed by atoms with Crippen molar-refractivity contribution in [2.24, 2.45) is 0 Å². The normalized spacial score (nSPS) is 12.7. The fourth-order valence-electron chi connectivity index (χ4n) is 2.06. The maximum atomic E-state index is 11.2. The van der Waals surface area contributed by atoms with E-state index in [0.717, 1.165) is 12.5 Å². The molecule has 12 nitrogen and oxygen atoms in total. The molecule has 0 aliphatic rings. The minimum absolute atomic E-state index is 0.0938. The van der Waals surface area contributed by atoms with Crippen LogP contribution < -0.4 is 0 Å². The number of imidazole rings is 2. The van der Waals surface area contributed by atoms with Gasteiger partial charge in [-0.3, -0.25) is 8.98 Å². The number of nitro groups is 1. The van der Waals surface area contributed by atoms with E-state index in [-0.39, 0.29) is 25.6 Å². The van der Waals surface area contributed by atoms with Crippen molar-refractivity contribution in [1.82, 2.24) is 19.1 Å². The number of hydrogen-bond donors (Lipinski definition) is 0. The molecule has 26 heavy (non-hydrogen) atoms. The van der Waals surface area contributed by atoms with E-state index >= 15 is 0 Å². The molecule has 0 aromatic carbocycles. The third-order valence-electron chi connectivity index (χ3n) is 3.24. The van der Waals surface area contributed by atoms with Gasteiger partial charge in [-0.2, -0.15) is 8.42 Å². The van der Waals surface area contributed by atoms with Crippen LogP contribution in [-0.2, 0) is 30.4 Å². The third kappa shape index (κ3) is 5.63. The van der Waals surface area contributed by atoms with Gasteiger partial charge in [0.2, 0.25) is 0 Å². The molecular formula is C13H17N5O7S. The fourth-order valence-corrected chi connectivity index (χ4v) is 2.46. The summed E-state index contributed by atoms with van der Waals surface area (Å²) in [5.41, 5.74) is 0.471. The van der Waals surface area contributed by atoms with Gasteiger partial charge in [0.1, 0.15) is 25.0 Å². The van der Waals surface area contributed by atoms with Crippen molar-refractivity contribution in [1.29, 1.82) is 0 Å². The van der Waals surface area contributed by atoms with Gasteiger partial charge in [0.05, 0.1) is 25.2 Å². The van der Waals surface area contributed by atoms with E-state index in [4.69, 9.17) is 8.92 Å². The van der Waals surface area contributed by atoms with E-state index < -0.39 is 27.1 Å². The quantitative estimate of drug-likeness (QED) is 0.253. The summed E-state index contributed by atoms with van der Waals surface area (Å²) in [5.74, 6) is -0.708. The fraction of sp³-hybridized carbons (Fsp3) is 0.462. The van der Waals surface area contributed by atoms with E-state index in [2.05, 4.69) is 9.97 Å². The second-order valence-corrected chi connectivity index (χ2v) is 7.04. The number of carbonyl (C=O) groups excluding carboxylic acids is 1. The van der Waals surface area contributed by atoms with Gasteiger partial charge >= 0.3 is 11.8 Å². The minimum Gasteiger partial charge on any atom is -0.464 e. The lowest BCUT2D eigenvalue weighted by Gasteiger charge is -2.17. The molecule has 2 aromatic heterocycles. The lowest BCUT2D eigenvalue weighted by Crippen LogP contribution is -2.22. The van der Waals surface area contributed by atoms with Crippen LogP contribution in [0.25, 0.3) is 0 Å². The molecule has 0 amide bonds. The van der Waals surface area contributed by atoms with Gasteiger partial charge in [-0.05, 0) is 4.92 Å². The molecule has 13 heteroatoms. The number of carbonyl (C=O) groups is 1. The SMILES string of the molecule is CC(=O)OCC(COS(C)(=O)=O)n1cnc(Cn2cncc2[N+](=O)[O-])c1. The van der Waals surface area contributed by atoms with E-state index in [9.17, 15) is 23.3 Å². The summed E-state index contributed by atoms with van der Waals surface area (Å²) < 4.78 is 34.9. The van der Waals surface area contributed by atoms with Gasteiger partial charge in [0.15, 0.2) is 6.33 Å². The number of aromatic nitrogens is 4. The van der Waals surface area contributed by atoms with Crippen LogP contribution in [-0.4, -0.2) is 57.9 Å². The molecule has 0 bridgehead atoms. The molecule has 0 aliphatic carbocycles. The monoisotopic (exact) mass is 387 g/mol. The van der Waals surface area contributed by atoms with E-state index in [1.54, 1.807) is 6.20 Å². The van der Waals surface area contributed by atoms with Crippen LogP contribution >= 0.6 is 0 Å². The Morgan fingerprint density at radius 3 is 2.73 bits per heavy atom. The Morgan fingerprint density at radius 2 is 2.12 bits per heavy atom. The first-order valence-corrected chi connectivity index (χ1v) is 9.12. The maximum Gasteiger partial charge on any atom is 0.342 e. The minimum atomic E-state index is -3.68. The van der Waals surface area contributed by atoms with Crippen LogP contribution in [0.5, 0.6) is 0 Å². The molecular weight excluding hydrogens is 370 g/mol. The summed E-state index contributed by atoms with van der Waals surface area (Å²) in [6.07, 6.45) is 6.30. The van der Waals surface area contributed by atoms with Crippen LogP contribution in [0.4, 0.5) is 5.82 Å². The Kier molecular flexibility index (Phi) is 6.05. The van der Waals surface area contributed by atoms with Gasteiger partial charge in [-0.15, -0.1) is 0 Å². The Labute approximate surface area is 148 Å². The van der Waals surface area contributed by atoms with Crippen molar-refractivity contribution in [2.75, 3.05) is 19.5 Å². The van der Waals surface area contributed by atoms with E-state index in [1.807, 2.05) is 0 Å². The Balaban J connectivity index is 2.14. The zero-order valence-electron chi connectivity index (χ0n) is 14.0. The van der Waals surface area contributed by atoms with Crippen LogP contribution in [0.2, 0.25) is 0 Å². The summed E-state index contributed by atoms with van der Waals surface area (Å²) in [4.78, 5) is 29.2. The molecule has 0 radical (unpaired) electrons. The highest BCUT2D eigenvalue weighted by Gasteiger charge is 2.19. The molecule has 1 atom stereocenters. The topological polar surface area (TPSA) is 148 Å². The zero-order chi connectivity index (χ0) is 19.3. The molecule has 0 N–H and O–H groups in total. The van der Waals surface area contributed by atoms with E-state index in [1.165, 1.54) is 28.7 Å². The molecule has 142 valence electrons. The van der Waals surface area contributed by atoms with Crippen molar-refractivity contribution in [3.05, 3.63) is 40.9 Å². The highest BCUT2D eigenvalue weighted by molar-refractivity contribution is 7.85. The molecule has 1 unspecified atom stereocenters. The van der Waals surface area contributed by atoms with Gasteiger partial charge < -0.3 is 19.4 Å². The van der Waals surface area contributed by atoms with Crippen molar-refractivity contribution in [3.63, 3.8) is 0 Å². The third-order valence-corrected chi connectivity index (χ3v) is 3.80. The second kappa shape index (κ2) is 8.05. The second-order valence-electron chi connectivity index (χ2n) is 5.39. The lowest BCUT2D eigenvalue weighted by atomic mass is 10.3. The van der Waals surface area contributed by atoms with Crippen LogP contribution in [0.3, 0.4) is 0 Å². The van der Waals surface area contributed by atoms with Crippen LogP contribution in [0, 0.1) is 10.1 Å². The zero-order valence-corrected chi connectivity index (χ0v) is 14.8. The number of ether oxygens (including phenoxy) is 1. The predicted octanol–water partition coefficient (Wildman–Crippen LogP) is 0.117. The maximum absolute atomic E-state index is 11.2. The predicted molar refractivity (Wildman–Crippen MR) is 86.7 cm³/mol. The van der Waals surface area contributed by atoms with Crippen molar-refractivity contribution < 1.29 is 27.1 Å². The Morgan fingerprint density at radius 1 is 1.38 bits per heavy atom. The number of nitrogens with zero attached hydrogens (tertiary/aromatic N) is 5. The van der Waals surface area contributed by atoms with Crippen LogP contribution in [0.1, 0.15) is 18.7 Å². The smallest absolute Gasteiger partial charge is 0.342 e. The number of hydrogen-bond acceptors (Lipinski definition) is 9. The van der Waals surface area contributed by atoms with Crippen molar-refractivity contribution in [3.8, 4) is 0 Å². The summed E-state index contributed by atoms with van der Waals surface area (Å²) in [5, 5.41) is 10.9. The highest BCUT2D eigenvalue weighted by Crippen LogP contribution is 2.15. The molecule has 2 aromatic rings. The molecule has 2 heterocycles. The van der Waals surface area contributed by atoms with Gasteiger partial charge in [0.25, 0.3) is 10.1 Å². The molecule has 0 spiro atoms. The summed E-state index contributed by atoms with van der Waals surface area (Å²) >= 11 is 0. The summed E-state index contributed by atoms with van der Waals surface area (Å²) in [6, 6.07) is -0.632.